The maximum Gasteiger partial charge on any atom is 0.254 e. The van der Waals surface area contributed by atoms with Crippen molar-refractivity contribution in [1.29, 1.82) is 0 Å². The average Bonchev–Trinajstić information content (AvgIpc) is 3.35. The molecular weight excluding hydrogens is 516 g/mol. The summed E-state index contributed by atoms with van der Waals surface area (Å²) in [4.78, 5) is 32.9. The lowest BCUT2D eigenvalue weighted by Gasteiger charge is -2.24. The molecule has 0 atom stereocenters. The number of hydrogen-bond acceptors (Lipinski definition) is 5. The summed E-state index contributed by atoms with van der Waals surface area (Å²) >= 11 is 6.07. The zero-order valence-corrected chi connectivity index (χ0v) is 23.1. The number of nitrogens with one attached hydrogen (secondary N) is 1. The highest BCUT2D eigenvalue weighted by Gasteiger charge is 2.22. The fraction of sp³-hybridized carbons (Fsp3) is 0.233. The summed E-state index contributed by atoms with van der Waals surface area (Å²) in [5.41, 5.74) is 2.69. The van der Waals surface area contributed by atoms with Crippen LogP contribution in [0.25, 0.3) is 16.9 Å². The summed E-state index contributed by atoms with van der Waals surface area (Å²) in [5.74, 6) is 1.09. The first-order valence-corrected chi connectivity index (χ1v) is 12.9. The van der Waals surface area contributed by atoms with Crippen LogP contribution in [0.15, 0.2) is 79.0 Å². The van der Waals surface area contributed by atoms with Gasteiger partial charge in [-0.2, -0.15) is 0 Å². The van der Waals surface area contributed by atoms with E-state index in [9.17, 15) is 9.59 Å². The Hall–Kier alpha value is -4.30. The lowest BCUT2D eigenvalue weighted by Crippen LogP contribution is -2.40. The standard InChI is InChI=1S/C30H31ClN4O4/c1-20(2)17-34(29(37)22-7-5-9-25(15-22)38-3)19-28(36)33-30-32-27(21-11-13-23(31)14-12-21)18-35(30)24-8-6-10-26(16-24)39-4/h5-16,18,20H,17,19H2,1-4H3,(H,32,33,36). The molecule has 4 rings (SSSR count). The van der Waals surface area contributed by atoms with Crippen molar-refractivity contribution >= 4 is 29.4 Å². The van der Waals surface area contributed by atoms with E-state index in [0.717, 1.165) is 11.3 Å². The second-order valence-electron chi connectivity index (χ2n) is 9.39. The predicted molar refractivity (Wildman–Crippen MR) is 153 cm³/mol. The number of halogens is 1. The molecule has 4 aromatic rings. The Balaban J connectivity index is 1.63. The minimum Gasteiger partial charge on any atom is -0.497 e. The Morgan fingerprint density at radius 3 is 2.31 bits per heavy atom. The van der Waals surface area contributed by atoms with Gasteiger partial charge >= 0.3 is 0 Å². The van der Waals surface area contributed by atoms with Gasteiger partial charge in [-0.25, -0.2) is 4.98 Å². The molecule has 3 aromatic carbocycles. The topological polar surface area (TPSA) is 85.7 Å². The molecule has 1 heterocycles. The number of amides is 2. The smallest absolute Gasteiger partial charge is 0.254 e. The molecule has 0 aliphatic rings. The maximum atomic E-state index is 13.4. The monoisotopic (exact) mass is 546 g/mol. The van der Waals surface area contributed by atoms with Crippen LogP contribution < -0.4 is 14.8 Å². The zero-order valence-electron chi connectivity index (χ0n) is 22.3. The Kier molecular flexibility index (Phi) is 8.88. The Labute approximate surface area is 233 Å². The van der Waals surface area contributed by atoms with Crippen LogP contribution in [0, 0.1) is 5.92 Å². The van der Waals surface area contributed by atoms with Crippen LogP contribution in [-0.2, 0) is 4.79 Å². The Morgan fingerprint density at radius 1 is 0.974 bits per heavy atom. The number of methoxy groups -OCH3 is 2. The van der Waals surface area contributed by atoms with Gasteiger partial charge in [-0.15, -0.1) is 0 Å². The van der Waals surface area contributed by atoms with Crippen LogP contribution in [0.5, 0.6) is 11.5 Å². The van der Waals surface area contributed by atoms with Gasteiger partial charge in [-0.05, 0) is 48.4 Å². The molecule has 8 nitrogen and oxygen atoms in total. The van der Waals surface area contributed by atoms with Crippen LogP contribution in [0.1, 0.15) is 24.2 Å². The average molecular weight is 547 g/mol. The fourth-order valence-electron chi connectivity index (χ4n) is 4.12. The van der Waals surface area contributed by atoms with Crippen molar-refractivity contribution in [1.82, 2.24) is 14.5 Å². The summed E-state index contributed by atoms with van der Waals surface area (Å²) in [6, 6.07) is 21.6. The lowest BCUT2D eigenvalue weighted by molar-refractivity contribution is -0.117. The molecule has 1 N–H and O–H groups in total. The highest BCUT2D eigenvalue weighted by atomic mass is 35.5. The summed E-state index contributed by atoms with van der Waals surface area (Å²) in [6.07, 6.45) is 1.83. The summed E-state index contributed by atoms with van der Waals surface area (Å²) in [5, 5.41) is 3.52. The molecule has 9 heteroatoms. The Morgan fingerprint density at radius 2 is 1.64 bits per heavy atom. The first kappa shape index (κ1) is 27.7. The van der Waals surface area contributed by atoms with Gasteiger partial charge in [0.05, 0.1) is 25.6 Å². The molecule has 2 amide bonds. The van der Waals surface area contributed by atoms with E-state index < -0.39 is 0 Å². The van der Waals surface area contributed by atoms with Gasteiger partial charge in [0.25, 0.3) is 5.91 Å². The number of nitrogens with zero attached hydrogens (tertiary/aromatic N) is 3. The number of anilines is 1. The third-order valence-corrected chi connectivity index (χ3v) is 6.20. The minimum atomic E-state index is -0.371. The number of aromatic nitrogens is 2. The number of carbonyl (C=O) groups is 2. The second kappa shape index (κ2) is 12.5. The lowest BCUT2D eigenvalue weighted by atomic mass is 10.1. The van der Waals surface area contributed by atoms with Gasteiger partial charge in [-0.1, -0.05) is 49.7 Å². The largest absolute Gasteiger partial charge is 0.497 e. The molecule has 0 radical (unpaired) electrons. The molecule has 0 unspecified atom stereocenters. The van der Waals surface area contributed by atoms with Crippen molar-refractivity contribution in [2.24, 2.45) is 5.92 Å². The third-order valence-electron chi connectivity index (χ3n) is 5.95. The van der Waals surface area contributed by atoms with Gasteiger partial charge in [0.2, 0.25) is 11.9 Å². The number of carbonyl (C=O) groups excluding carboxylic acids is 2. The van der Waals surface area contributed by atoms with Crippen molar-refractivity contribution in [3.63, 3.8) is 0 Å². The van der Waals surface area contributed by atoms with Crippen molar-refractivity contribution in [3.05, 3.63) is 89.6 Å². The van der Waals surface area contributed by atoms with Gasteiger partial charge in [0, 0.05) is 35.0 Å². The highest BCUT2D eigenvalue weighted by molar-refractivity contribution is 6.30. The van der Waals surface area contributed by atoms with Crippen LogP contribution in [0.4, 0.5) is 5.95 Å². The van der Waals surface area contributed by atoms with Crippen molar-refractivity contribution in [2.75, 3.05) is 32.6 Å². The quantitative estimate of drug-likeness (QED) is 0.266. The zero-order chi connectivity index (χ0) is 27.9. The molecule has 0 spiro atoms. The molecule has 0 saturated heterocycles. The number of imidazole rings is 1. The summed E-state index contributed by atoms with van der Waals surface area (Å²) in [7, 11) is 3.14. The molecule has 0 aliphatic heterocycles. The molecule has 39 heavy (non-hydrogen) atoms. The highest BCUT2D eigenvalue weighted by Crippen LogP contribution is 2.27. The van der Waals surface area contributed by atoms with E-state index in [2.05, 4.69) is 5.32 Å². The summed E-state index contributed by atoms with van der Waals surface area (Å²) in [6.45, 7) is 4.26. The SMILES string of the molecule is COc1cccc(C(=O)N(CC(=O)Nc2nc(-c3ccc(Cl)cc3)cn2-c2cccc(OC)c2)CC(C)C)c1. The van der Waals surface area contributed by atoms with E-state index in [1.165, 1.54) is 4.90 Å². The number of benzene rings is 3. The molecule has 1 aromatic heterocycles. The molecular formula is C30H31ClN4O4. The first-order chi connectivity index (χ1) is 18.8. The number of ether oxygens (including phenoxy) is 2. The molecule has 0 aliphatic carbocycles. The van der Waals surface area contributed by atoms with Gasteiger partial charge in [-0.3, -0.25) is 19.5 Å². The predicted octanol–water partition coefficient (Wildman–Crippen LogP) is 5.95. The van der Waals surface area contributed by atoms with E-state index in [0.29, 0.717) is 40.3 Å². The normalized spacial score (nSPS) is 10.8. The van der Waals surface area contributed by atoms with E-state index in [1.54, 1.807) is 55.2 Å². The van der Waals surface area contributed by atoms with Gasteiger partial charge in [0.1, 0.15) is 18.0 Å². The number of rotatable bonds is 10. The van der Waals surface area contributed by atoms with Crippen molar-refractivity contribution < 1.29 is 19.1 Å². The molecule has 0 bridgehead atoms. The van der Waals surface area contributed by atoms with Gasteiger partial charge < -0.3 is 14.4 Å². The van der Waals surface area contributed by atoms with E-state index >= 15 is 0 Å². The maximum absolute atomic E-state index is 13.4. The molecule has 202 valence electrons. The van der Waals surface area contributed by atoms with E-state index in [4.69, 9.17) is 26.1 Å². The fourth-order valence-corrected chi connectivity index (χ4v) is 4.25. The van der Waals surface area contributed by atoms with Crippen molar-refractivity contribution in [3.8, 4) is 28.4 Å². The van der Waals surface area contributed by atoms with Crippen LogP contribution in [-0.4, -0.2) is 53.6 Å². The van der Waals surface area contributed by atoms with E-state index in [1.807, 2.05) is 56.4 Å². The van der Waals surface area contributed by atoms with Crippen molar-refractivity contribution in [2.45, 2.75) is 13.8 Å². The second-order valence-corrected chi connectivity index (χ2v) is 9.82. The minimum absolute atomic E-state index is 0.143. The Bertz CT molecular complexity index is 1450. The number of hydrogen-bond donors (Lipinski definition) is 1. The van der Waals surface area contributed by atoms with Crippen LogP contribution >= 0.6 is 11.6 Å². The van der Waals surface area contributed by atoms with Crippen LogP contribution in [0.3, 0.4) is 0 Å². The molecule has 0 fully saturated rings. The van der Waals surface area contributed by atoms with Crippen LogP contribution in [0.2, 0.25) is 5.02 Å². The molecule has 0 saturated carbocycles. The van der Waals surface area contributed by atoms with Gasteiger partial charge in [0.15, 0.2) is 0 Å². The third kappa shape index (κ3) is 6.97. The first-order valence-electron chi connectivity index (χ1n) is 12.5. The van der Waals surface area contributed by atoms with E-state index in [-0.39, 0.29) is 24.3 Å². The summed E-state index contributed by atoms with van der Waals surface area (Å²) < 4.78 is 12.4.